The minimum absolute atomic E-state index is 0.0448. The van der Waals surface area contributed by atoms with E-state index in [2.05, 4.69) is 5.32 Å². The molecule has 0 radical (unpaired) electrons. The molecule has 1 aromatic carbocycles. The SMILES string of the molecule is CNCC(=O)c1ccc(OC)c(C#N)c1. The van der Waals surface area contributed by atoms with Gasteiger partial charge in [-0.05, 0) is 25.2 Å². The molecule has 0 unspecified atom stereocenters. The number of rotatable bonds is 4. The van der Waals surface area contributed by atoms with Crippen LogP contribution in [0.3, 0.4) is 0 Å². The van der Waals surface area contributed by atoms with Crippen molar-refractivity contribution in [2.45, 2.75) is 0 Å². The first kappa shape index (κ1) is 11.2. The molecule has 0 heterocycles. The Kier molecular flexibility index (Phi) is 3.83. The molecule has 0 aliphatic carbocycles. The molecule has 0 atom stereocenters. The molecule has 1 rings (SSSR count). The highest BCUT2D eigenvalue weighted by atomic mass is 16.5. The van der Waals surface area contributed by atoms with Gasteiger partial charge in [-0.1, -0.05) is 0 Å². The predicted molar refractivity (Wildman–Crippen MR) is 56.0 cm³/mol. The Morgan fingerprint density at radius 3 is 2.87 bits per heavy atom. The Bertz CT molecular complexity index is 408. The predicted octanol–water partition coefficient (Wildman–Crippen LogP) is 0.969. The molecule has 0 saturated heterocycles. The van der Waals surface area contributed by atoms with Crippen LogP contribution in [0.4, 0.5) is 0 Å². The molecular formula is C11H12N2O2. The van der Waals surface area contributed by atoms with Crippen LogP contribution in [0, 0.1) is 11.3 Å². The standard InChI is InChI=1S/C11H12N2O2/c1-13-7-10(14)8-3-4-11(15-2)9(5-8)6-12/h3-5,13H,7H2,1-2H3. The largest absolute Gasteiger partial charge is 0.495 e. The average Bonchev–Trinajstić information content (AvgIpc) is 2.28. The van der Waals surface area contributed by atoms with Crippen LogP contribution in [0.25, 0.3) is 0 Å². The quantitative estimate of drug-likeness (QED) is 0.742. The highest BCUT2D eigenvalue weighted by Crippen LogP contribution is 2.18. The van der Waals surface area contributed by atoms with Gasteiger partial charge in [0.05, 0.1) is 19.2 Å². The van der Waals surface area contributed by atoms with E-state index in [1.54, 1.807) is 25.2 Å². The number of nitriles is 1. The van der Waals surface area contributed by atoms with Gasteiger partial charge in [-0.2, -0.15) is 5.26 Å². The number of ether oxygens (including phenoxy) is 1. The number of nitrogens with zero attached hydrogens (tertiary/aromatic N) is 1. The Balaban J connectivity index is 3.04. The summed E-state index contributed by atoms with van der Waals surface area (Å²) in [6.45, 7) is 0.261. The van der Waals surface area contributed by atoms with E-state index >= 15 is 0 Å². The third-order valence-corrected chi connectivity index (χ3v) is 1.98. The highest BCUT2D eigenvalue weighted by molar-refractivity contribution is 5.98. The minimum atomic E-state index is -0.0448. The normalized spacial score (nSPS) is 9.40. The van der Waals surface area contributed by atoms with E-state index < -0.39 is 0 Å². The molecule has 0 aliphatic rings. The topological polar surface area (TPSA) is 62.1 Å². The van der Waals surface area contributed by atoms with Gasteiger partial charge in [-0.3, -0.25) is 4.79 Å². The lowest BCUT2D eigenvalue weighted by molar-refractivity contribution is 0.0993. The fourth-order valence-electron chi connectivity index (χ4n) is 1.23. The molecule has 0 amide bonds. The summed E-state index contributed by atoms with van der Waals surface area (Å²) in [4.78, 5) is 11.5. The van der Waals surface area contributed by atoms with Crippen LogP contribution in [0.1, 0.15) is 15.9 Å². The van der Waals surface area contributed by atoms with Crippen molar-refractivity contribution in [2.75, 3.05) is 20.7 Å². The Morgan fingerprint density at radius 1 is 1.60 bits per heavy atom. The second kappa shape index (κ2) is 5.13. The third kappa shape index (κ3) is 2.55. The van der Waals surface area contributed by atoms with Crippen molar-refractivity contribution in [2.24, 2.45) is 0 Å². The van der Waals surface area contributed by atoms with Crippen LogP contribution in [0.15, 0.2) is 18.2 Å². The van der Waals surface area contributed by atoms with Crippen LogP contribution in [-0.4, -0.2) is 26.5 Å². The number of carbonyl (C=O) groups is 1. The number of benzene rings is 1. The second-order valence-corrected chi connectivity index (χ2v) is 2.98. The van der Waals surface area contributed by atoms with Crippen molar-refractivity contribution in [3.8, 4) is 11.8 Å². The lowest BCUT2D eigenvalue weighted by atomic mass is 10.1. The number of hydrogen-bond donors (Lipinski definition) is 1. The van der Waals surface area contributed by atoms with Crippen LogP contribution in [0.5, 0.6) is 5.75 Å². The van der Waals surface area contributed by atoms with E-state index in [0.29, 0.717) is 16.9 Å². The minimum Gasteiger partial charge on any atom is -0.495 e. The van der Waals surface area contributed by atoms with Gasteiger partial charge >= 0.3 is 0 Å². The second-order valence-electron chi connectivity index (χ2n) is 2.98. The van der Waals surface area contributed by atoms with E-state index in [-0.39, 0.29) is 12.3 Å². The van der Waals surface area contributed by atoms with Crippen molar-refractivity contribution in [1.82, 2.24) is 5.32 Å². The number of carbonyl (C=O) groups excluding carboxylic acids is 1. The molecule has 0 bridgehead atoms. The molecular weight excluding hydrogens is 192 g/mol. The molecule has 0 saturated carbocycles. The van der Waals surface area contributed by atoms with Crippen molar-refractivity contribution < 1.29 is 9.53 Å². The van der Waals surface area contributed by atoms with Crippen molar-refractivity contribution in [1.29, 1.82) is 5.26 Å². The Labute approximate surface area is 88.5 Å². The van der Waals surface area contributed by atoms with Gasteiger partial charge < -0.3 is 10.1 Å². The van der Waals surface area contributed by atoms with Crippen molar-refractivity contribution in [3.05, 3.63) is 29.3 Å². The monoisotopic (exact) mass is 204 g/mol. The van der Waals surface area contributed by atoms with Crippen molar-refractivity contribution in [3.63, 3.8) is 0 Å². The molecule has 4 nitrogen and oxygen atoms in total. The number of hydrogen-bond acceptors (Lipinski definition) is 4. The van der Waals surface area contributed by atoms with Gasteiger partial charge in [0.1, 0.15) is 11.8 Å². The molecule has 4 heteroatoms. The van der Waals surface area contributed by atoms with Crippen LogP contribution in [0.2, 0.25) is 0 Å². The molecule has 0 aromatic heterocycles. The average molecular weight is 204 g/mol. The van der Waals surface area contributed by atoms with Crippen LogP contribution >= 0.6 is 0 Å². The molecule has 0 aliphatic heterocycles. The summed E-state index contributed by atoms with van der Waals surface area (Å²) in [5, 5.41) is 11.6. The van der Waals surface area contributed by atoms with E-state index in [0.717, 1.165) is 0 Å². The van der Waals surface area contributed by atoms with Crippen LogP contribution < -0.4 is 10.1 Å². The summed E-state index contributed by atoms with van der Waals surface area (Å²) in [7, 11) is 3.19. The van der Waals surface area contributed by atoms with E-state index in [1.807, 2.05) is 6.07 Å². The van der Waals surface area contributed by atoms with Crippen molar-refractivity contribution >= 4 is 5.78 Å². The maximum atomic E-state index is 11.5. The lowest BCUT2D eigenvalue weighted by Crippen LogP contribution is -2.18. The summed E-state index contributed by atoms with van der Waals surface area (Å²) < 4.78 is 4.98. The number of ketones is 1. The molecule has 0 spiro atoms. The fraction of sp³-hybridized carbons (Fsp3) is 0.273. The zero-order valence-electron chi connectivity index (χ0n) is 8.70. The maximum absolute atomic E-state index is 11.5. The zero-order valence-corrected chi connectivity index (χ0v) is 8.70. The number of Topliss-reactive ketones (excluding diaryl/α,β-unsaturated/α-hetero) is 1. The molecule has 1 N–H and O–H groups in total. The number of methoxy groups -OCH3 is 1. The van der Waals surface area contributed by atoms with Gasteiger partial charge in [0.15, 0.2) is 5.78 Å². The summed E-state index contributed by atoms with van der Waals surface area (Å²) in [6.07, 6.45) is 0. The fourth-order valence-corrected chi connectivity index (χ4v) is 1.23. The molecule has 15 heavy (non-hydrogen) atoms. The van der Waals surface area contributed by atoms with Gasteiger partial charge in [0, 0.05) is 5.56 Å². The highest BCUT2D eigenvalue weighted by Gasteiger charge is 2.08. The first-order valence-corrected chi connectivity index (χ1v) is 4.49. The van der Waals surface area contributed by atoms with Gasteiger partial charge in [-0.25, -0.2) is 0 Å². The lowest BCUT2D eigenvalue weighted by Gasteiger charge is -2.04. The Morgan fingerprint density at radius 2 is 2.33 bits per heavy atom. The zero-order chi connectivity index (χ0) is 11.3. The van der Waals surface area contributed by atoms with Gasteiger partial charge in [0.25, 0.3) is 0 Å². The molecule has 78 valence electrons. The number of nitrogens with one attached hydrogen (secondary N) is 1. The van der Waals surface area contributed by atoms with E-state index in [1.165, 1.54) is 7.11 Å². The first-order valence-electron chi connectivity index (χ1n) is 4.49. The smallest absolute Gasteiger partial charge is 0.176 e. The molecule has 0 fully saturated rings. The van der Waals surface area contributed by atoms with E-state index in [4.69, 9.17) is 10.00 Å². The third-order valence-electron chi connectivity index (χ3n) is 1.98. The summed E-state index contributed by atoms with van der Waals surface area (Å²) in [6, 6.07) is 6.80. The molecule has 1 aromatic rings. The summed E-state index contributed by atoms with van der Waals surface area (Å²) in [5.74, 6) is 0.440. The first-order chi connectivity index (χ1) is 7.22. The van der Waals surface area contributed by atoms with Gasteiger partial charge in [-0.15, -0.1) is 0 Å². The van der Waals surface area contributed by atoms with Crippen LogP contribution in [-0.2, 0) is 0 Å². The maximum Gasteiger partial charge on any atom is 0.176 e. The Hall–Kier alpha value is -1.86. The van der Waals surface area contributed by atoms with Gasteiger partial charge in [0.2, 0.25) is 0 Å². The summed E-state index contributed by atoms with van der Waals surface area (Å²) in [5.41, 5.74) is 0.890. The summed E-state index contributed by atoms with van der Waals surface area (Å²) >= 11 is 0. The van der Waals surface area contributed by atoms with E-state index in [9.17, 15) is 4.79 Å². The number of likely N-dealkylation sites (N-methyl/N-ethyl adjacent to an activating group) is 1.